The van der Waals surface area contributed by atoms with E-state index in [1.54, 1.807) is 30.3 Å². The van der Waals surface area contributed by atoms with Crippen molar-refractivity contribution in [2.45, 2.75) is 13.8 Å². The Kier molecular flexibility index (Phi) is 8.14. The van der Waals surface area contributed by atoms with Crippen LogP contribution in [0.15, 0.2) is 61.2 Å². The Morgan fingerprint density at radius 1 is 1.26 bits per heavy atom. The van der Waals surface area contributed by atoms with E-state index in [0.29, 0.717) is 16.8 Å². The molecule has 0 spiro atoms. The molecule has 0 aliphatic carbocycles. The number of hydrogen-bond donors (Lipinski definition) is 1. The monoisotopic (exact) mass is 254 g/mol. The number of carbonyl (C=O) groups is 1. The van der Waals surface area contributed by atoms with E-state index in [1.807, 2.05) is 19.9 Å². The highest BCUT2D eigenvalue weighted by atomic mass is 16.1. The van der Waals surface area contributed by atoms with Crippen molar-refractivity contribution < 1.29 is 4.79 Å². The Labute approximate surface area is 114 Å². The first-order valence-corrected chi connectivity index (χ1v) is 5.98. The summed E-state index contributed by atoms with van der Waals surface area (Å²) >= 11 is 0. The van der Waals surface area contributed by atoms with Crippen LogP contribution < -0.4 is 5.32 Å². The van der Waals surface area contributed by atoms with Gasteiger partial charge in [-0.3, -0.25) is 4.79 Å². The first kappa shape index (κ1) is 16.4. The normalized spacial score (nSPS) is 9.42. The third kappa shape index (κ3) is 5.51. The van der Waals surface area contributed by atoms with Crippen molar-refractivity contribution >= 4 is 11.6 Å². The van der Waals surface area contributed by atoms with E-state index >= 15 is 0 Å². The number of anilines is 1. The minimum absolute atomic E-state index is 0.260. The summed E-state index contributed by atoms with van der Waals surface area (Å²) in [5, 5.41) is 11.3. The fraction of sp³-hybridized carbons (Fsp3) is 0.125. The molecule has 19 heavy (non-hydrogen) atoms. The molecule has 0 saturated heterocycles. The van der Waals surface area contributed by atoms with Crippen molar-refractivity contribution in [2.24, 2.45) is 0 Å². The Morgan fingerprint density at radius 2 is 1.84 bits per heavy atom. The van der Waals surface area contributed by atoms with Crippen LogP contribution in [0.4, 0.5) is 5.69 Å². The van der Waals surface area contributed by atoms with Gasteiger partial charge in [0.1, 0.15) is 0 Å². The third-order valence-corrected chi connectivity index (χ3v) is 2.05. The van der Waals surface area contributed by atoms with Gasteiger partial charge in [0.25, 0.3) is 5.91 Å². The van der Waals surface area contributed by atoms with Crippen LogP contribution in [0.2, 0.25) is 0 Å². The van der Waals surface area contributed by atoms with Gasteiger partial charge in [0.2, 0.25) is 0 Å². The molecule has 0 unspecified atom stereocenters. The predicted octanol–water partition coefficient (Wildman–Crippen LogP) is 3.82. The van der Waals surface area contributed by atoms with Crippen LogP contribution >= 0.6 is 0 Å². The summed E-state index contributed by atoms with van der Waals surface area (Å²) in [6, 6.07) is 8.63. The topological polar surface area (TPSA) is 52.9 Å². The quantitative estimate of drug-likeness (QED) is 0.656. The number of amides is 1. The summed E-state index contributed by atoms with van der Waals surface area (Å²) in [7, 11) is 0. The molecule has 0 saturated carbocycles. The lowest BCUT2D eigenvalue weighted by molar-refractivity contribution is -0.112. The highest BCUT2D eigenvalue weighted by Gasteiger charge is 2.05. The number of nitrogens with one attached hydrogen (secondary N) is 1. The lowest BCUT2D eigenvalue weighted by atomic mass is 10.2. The zero-order chi connectivity index (χ0) is 14.7. The molecule has 1 amide bonds. The highest BCUT2D eigenvalue weighted by molar-refractivity contribution is 6.05. The van der Waals surface area contributed by atoms with Crippen molar-refractivity contribution in [3.8, 4) is 6.07 Å². The van der Waals surface area contributed by atoms with Crippen molar-refractivity contribution in [2.75, 3.05) is 5.32 Å². The van der Waals surface area contributed by atoms with E-state index in [1.165, 1.54) is 12.2 Å². The number of nitrogens with zero attached hydrogens (tertiary/aromatic N) is 1. The molecule has 3 heteroatoms. The molecule has 0 radical (unpaired) electrons. The molecule has 3 nitrogen and oxygen atoms in total. The van der Waals surface area contributed by atoms with Gasteiger partial charge in [-0.25, -0.2) is 0 Å². The smallest absolute Gasteiger partial charge is 0.255 e. The van der Waals surface area contributed by atoms with Crippen molar-refractivity contribution in [1.29, 1.82) is 5.26 Å². The largest absolute Gasteiger partial charge is 0.322 e. The number of allylic oxidation sites excluding steroid dienone is 2. The maximum atomic E-state index is 11.7. The lowest BCUT2D eigenvalue weighted by Crippen LogP contribution is -2.12. The average molecular weight is 254 g/mol. The zero-order valence-corrected chi connectivity index (χ0v) is 11.3. The van der Waals surface area contributed by atoms with Crippen LogP contribution in [-0.2, 0) is 4.79 Å². The standard InChI is InChI=1S/C14H12N2O.C2H6/c1-3-5-12(4-2)14(17)16-13-8-6-11(10-15)7-9-13;1-2/h3-9H,1-2H2,(H,16,17);1-2H3/b12-5+;. The van der Waals surface area contributed by atoms with Crippen LogP contribution in [0.25, 0.3) is 0 Å². The molecule has 1 rings (SSSR count). The molecular formula is C16H18N2O. The first-order valence-electron chi connectivity index (χ1n) is 5.98. The SMILES string of the molecule is C=C/C=C(\C=C)C(=O)Nc1ccc(C#N)cc1.CC. The Bertz CT molecular complexity index is 505. The summed E-state index contributed by atoms with van der Waals surface area (Å²) in [5.74, 6) is -0.260. The number of hydrogen-bond acceptors (Lipinski definition) is 2. The van der Waals surface area contributed by atoms with E-state index in [9.17, 15) is 4.79 Å². The summed E-state index contributed by atoms with van der Waals surface area (Å²) in [4.78, 5) is 11.7. The minimum Gasteiger partial charge on any atom is -0.322 e. The van der Waals surface area contributed by atoms with Crippen molar-refractivity contribution in [3.63, 3.8) is 0 Å². The van der Waals surface area contributed by atoms with E-state index < -0.39 is 0 Å². The van der Waals surface area contributed by atoms with Gasteiger partial charge >= 0.3 is 0 Å². The zero-order valence-electron chi connectivity index (χ0n) is 11.3. The minimum atomic E-state index is -0.260. The fourth-order valence-electron chi connectivity index (χ4n) is 1.19. The molecule has 0 atom stereocenters. The number of nitriles is 1. The third-order valence-electron chi connectivity index (χ3n) is 2.05. The highest BCUT2D eigenvalue weighted by Crippen LogP contribution is 2.10. The number of benzene rings is 1. The van der Waals surface area contributed by atoms with E-state index in [2.05, 4.69) is 18.5 Å². The molecular weight excluding hydrogens is 236 g/mol. The Morgan fingerprint density at radius 3 is 2.26 bits per heavy atom. The summed E-state index contributed by atoms with van der Waals surface area (Å²) < 4.78 is 0. The molecule has 0 aliphatic heterocycles. The van der Waals surface area contributed by atoms with E-state index in [4.69, 9.17) is 5.26 Å². The average Bonchev–Trinajstić information content (AvgIpc) is 2.47. The maximum Gasteiger partial charge on any atom is 0.255 e. The van der Waals surface area contributed by atoms with E-state index in [0.717, 1.165) is 0 Å². The van der Waals surface area contributed by atoms with Gasteiger partial charge in [0.15, 0.2) is 0 Å². The second-order valence-electron chi connectivity index (χ2n) is 3.21. The second-order valence-corrected chi connectivity index (χ2v) is 3.21. The van der Waals surface area contributed by atoms with Gasteiger partial charge in [-0.1, -0.05) is 45.2 Å². The molecule has 0 aliphatic rings. The molecule has 0 fully saturated rings. The van der Waals surface area contributed by atoms with Crippen LogP contribution in [0.5, 0.6) is 0 Å². The molecule has 98 valence electrons. The number of rotatable bonds is 4. The van der Waals surface area contributed by atoms with Crippen LogP contribution in [0, 0.1) is 11.3 Å². The van der Waals surface area contributed by atoms with Gasteiger partial charge in [-0.05, 0) is 24.3 Å². The van der Waals surface area contributed by atoms with Gasteiger partial charge in [-0.15, -0.1) is 0 Å². The van der Waals surface area contributed by atoms with E-state index in [-0.39, 0.29) is 5.91 Å². The van der Waals surface area contributed by atoms with Crippen LogP contribution in [-0.4, -0.2) is 5.91 Å². The van der Waals surface area contributed by atoms with Crippen molar-refractivity contribution in [3.05, 3.63) is 66.8 Å². The summed E-state index contributed by atoms with van der Waals surface area (Å²) in [5.41, 5.74) is 1.61. The number of carbonyl (C=O) groups excluding carboxylic acids is 1. The molecule has 1 aromatic carbocycles. The first-order chi connectivity index (χ1) is 9.21. The van der Waals surface area contributed by atoms with Crippen LogP contribution in [0.1, 0.15) is 19.4 Å². The second kappa shape index (κ2) is 9.43. The Hall–Kier alpha value is -2.60. The fourth-order valence-corrected chi connectivity index (χ4v) is 1.19. The molecule has 0 heterocycles. The van der Waals surface area contributed by atoms with Gasteiger partial charge in [0.05, 0.1) is 11.6 Å². The summed E-state index contributed by atoms with van der Waals surface area (Å²) in [6.45, 7) is 11.1. The van der Waals surface area contributed by atoms with Crippen LogP contribution in [0.3, 0.4) is 0 Å². The van der Waals surface area contributed by atoms with Gasteiger partial charge in [-0.2, -0.15) is 5.26 Å². The molecule has 0 bridgehead atoms. The molecule has 0 aromatic heterocycles. The maximum absolute atomic E-state index is 11.7. The predicted molar refractivity (Wildman–Crippen MR) is 79.6 cm³/mol. The van der Waals surface area contributed by atoms with Crippen molar-refractivity contribution in [1.82, 2.24) is 0 Å². The molecule has 1 N–H and O–H groups in total. The van der Waals surface area contributed by atoms with Gasteiger partial charge in [0, 0.05) is 11.3 Å². The summed E-state index contributed by atoms with van der Waals surface area (Å²) in [6.07, 6.45) is 4.56. The Balaban J connectivity index is 0.00000154. The molecule has 1 aromatic rings. The van der Waals surface area contributed by atoms with Gasteiger partial charge < -0.3 is 5.32 Å². The lowest BCUT2D eigenvalue weighted by Gasteiger charge is -2.05.